The van der Waals surface area contributed by atoms with Crippen LogP contribution in [-0.4, -0.2) is 26.3 Å². The molecule has 3 rings (SSSR count). The molecule has 3 aromatic rings. The van der Waals surface area contributed by atoms with E-state index in [9.17, 15) is 5.11 Å². The van der Waals surface area contributed by atoms with Crippen molar-refractivity contribution in [2.24, 2.45) is 0 Å². The average Bonchev–Trinajstić information content (AvgIpc) is 2.96. The lowest BCUT2D eigenvalue weighted by Gasteiger charge is -2.04. The second-order valence-corrected chi connectivity index (χ2v) is 6.31. The number of hydrogen-bond acceptors (Lipinski definition) is 6. The molecule has 0 atom stereocenters. The Hall–Kier alpha value is -2.08. The second kappa shape index (κ2) is 6.20. The van der Waals surface area contributed by atoms with Crippen molar-refractivity contribution in [3.8, 4) is 17.2 Å². The second-order valence-electron chi connectivity index (χ2n) is 5.54. The lowest BCUT2D eigenvalue weighted by atomic mass is 10.1. The Bertz CT molecular complexity index is 851. The highest BCUT2D eigenvalue weighted by atomic mass is 32.2. The molecule has 2 heterocycles. The van der Waals surface area contributed by atoms with Gasteiger partial charge in [-0.25, -0.2) is 9.97 Å². The van der Waals surface area contributed by atoms with Crippen molar-refractivity contribution in [3.05, 3.63) is 29.0 Å². The zero-order valence-corrected chi connectivity index (χ0v) is 14.5. The SMILES string of the molecule is CCCc1nc(SC)nc2oc(-c3cc(C)c(O)c(C)c3)nc12. The third-order valence-corrected chi connectivity index (χ3v) is 4.27. The number of fused-ring (bicyclic) bond motifs is 1. The Morgan fingerprint density at radius 1 is 1.13 bits per heavy atom. The number of nitrogens with zero attached hydrogens (tertiary/aromatic N) is 3. The van der Waals surface area contributed by atoms with Gasteiger partial charge in [0, 0.05) is 5.56 Å². The summed E-state index contributed by atoms with van der Waals surface area (Å²) < 4.78 is 5.88. The first-order valence-corrected chi connectivity index (χ1v) is 8.78. The van der Waals surface area contributed by atoms with Gasteiger partial charge >= 0.3 is 0 Å². The van der Waals surface area contributed by atoms with E-state index in [-0.39, 0.29) is 0 Å². The van der Waals surface area contributed by atoms with Crippen molar-refractivity contribution in [2.45, 2.75) is 38.8 Å². The smallest absolute Gasteiger partial charge is 0.251 e. The van der Waals surface area contributed by atoms with Crippen LogP contribution >= 0.6 is 11.8 Å². The summed E-state index contributed by atoms with van der Waals surface area (Å²) in [5.41, 5.74) is 4.60. The first kappa shape index (κ1) is 15.8. The topological polar surface area (TPSA) is 72.0 Å². The fraction of sp³-hybridized carbons (Fsp3) is 0.353. The Morgan fingerprint density at radius 3 is 2.43 bits per heavy atom. The Morgan fingerprint density at radius 2 is 1.83 bits per heavy atom. The first-order chi connectivity index (χ1) is 11.0. The van der Waals surface area contributed by atoms with Gasteiger partial charge in [-0.05, 0) is 49.8 Å². The summed E-state index contributed by atoms with van der Waals surface area (Å²) in [5.74, 6) is 0.817. The van der Waals surface area contributed by atoms with Gasteiger partial charge in [0.1, 0.15) is 5.75 Å². The van der Waals surface area contributed by atoms with Crippen LogP contribution < -0.4 is 0 Å². The largest absolute Gasteiger partial charge is 0.507 e. The van der Waals surface area contributed by atoms with Gasteiger partial charge in [-0.1, -0.05) is 25.1 Å². The standard InChI is InChI=1S/C17H19N3O2S/c1-5-6-12-13-16(20-17(18-12)23-4)22-15(19-13)11-7-9(2)14(21)10(3)8-11/h7-8,21H,5-6H2,1-4H3. The van der Waals surface area contributed by atoms with Crippen molar-refractivity contribution < 1.29 is 9.52 Å². The molecule has 6 heteroatoms. The molecule has 2 aromatic heterocycles. The Kier molecular flexibility index (Phi) is 4.26. The van der Waals surface area contributed by atoms with Gasteiger partial charge in [0.25, 0.3) is 5.71 Å². The van der Waals surface area contributed by atoms with Crippen LogP contribution in [0.4, 0.5) is 0 Å². The van der Waals surface area contributed by atoms with Crippen LogP contribution in [0.15, 0.2) is 21.7 Å². The molecule has 23 heavy (non-hydrogen) atoms. The molecule has 5 nitrogen and oxygen atoms in total. The number of phenols is 1. The van der Waals surface area contributed by atoms with Crippen LogP contribution in [0, 0.1) is 13.8 Å². The highest BCUT2D eigenvalue weighted by Crippen LogP contribution is 2.31. The maximum atomic E-state index is 9.92. The van der Waals surface area contributed by atoms with Crippen molar-refractivity contribution in [3.63, 3.8) is 0 Å². The summed E-state index contributed by atoms with van der Waals surface area (Å²) in [4.78, 5) is 13.6. The molecule has 0 aliphatic rings. The number of aromatic nitrogens is 3. The Labute approximate surface area is 139 Å². The quantitative estimate of drug-likeness (QED) is 0.569. The number of phenolic OH excluding ortho intramolecular Hbond substituents is 1. The van der Waals surface area contributed by atoms with Gasteiger partial charge in [-0.2, -0.15) is 4.98 Å². The van der Waals surface area contributed by atoms with E-state index in [0.717, 1.165) is 40.7 Å². The minimum atomic E-state index is 0.306. The van der Waals surface area contributed by atoms with E-state index in [1.165, 1.54) is 11.8 Å². The minimum Gasteiger partial charge on any atom is -0.507 e. The third kappa shape index (κ3) is 2.91. The summed E-state index contributed by atoms with van der Waals surface area (Å²) in [6.07, 6.45) is 3.77. The molecule has 0 fully saturated rings. The van der Waals surface area contributed by atoms with E-state index in [2.05, 4.69) is 21.9 Å². The number of rotatable bonds is 4. The molecule has 0 radical (unpaired) electrons. The number of hydrogen-bond donors (Lipinski definition) is 1. The monoisotopic (exact) mass is 329 g/mol. The Balaban J connectivity index is 2.18. The molecule has 0 spiro atoms. The molecule has 0 unspecified atom stereocenters. The number of aromatic hydroxyl groups is 1. The van der Waals surface area contributed by atoms with Crippen molar-refractivity contribution in [2.75, 3.05) is 6.26 Å². The molecular weight excluding hydrogens is 310 g/mol. The van der Waals surface area contributed by atoms with Crippen LogP contribution in [0.1, 0.15) is 30.2 Å². The molecule has 0 aliphatic carbocycles. The highest BCUT2D eigenvalue weighted by Gasteiger charge is 2.16. The fourth-order valence-electron chi connectivity index (χ4n) is 2.56. The number of oxazole rings is 1. The van der Waals surface area contributed by atoms with E-state index in [1.54, 1.807) is 0 Å². The zero-order valence-electron chi connectivity index (χ0n) is 13.7. The molecule has 1 aromatic carbocycles. The number of benzene rings is 1. The summed E-state index contributed by atoms with van der Waals surface area (Å²) >= 11 is 1.49. The summed E-state index contributed by atoms with van der Waals surface area (Å²) in [7, 11) is 0. The van der Waals surface area contributed by atoms with Crippen LogP contribution in [-0.2, 0) is 6.42 Å². The van der Waals surface area contributed by atoms with Gasteiger partial charge in [0.2, 0.25) is 5.89 Å². The van der Waals surface area contributed by atoms with Crippen molar-refractivity contribution >= 4 is 23.0 Å². The zero-order chi connectivity index (χ0) is 16.6. The molecular formula is C17H19N3O2S. The van der Waals surface area contributed by atoms with E-state index in [1.807, 2.05) is 32.2 Å². The summed E-state index contributed by atoms with van der Waals surface area (Å²) in [5, 5.41) is 10.6. The van der Waals surface area contributed by atoms with Gasteiger partial charge in [0.05, 0.1) is 5.69 Å². The van der Waals surface area contributed by atoms with E-state index in [4.69, 9.17) is 4.42 Å². The summed E-state index contributed by atoms with van der Waals surface area (Å²) in [6, 6.07) is 3.74. The van der Waals surface area contributed by atoms with E-state index >= 15 is 0 Å². The van der Waals surface area contributed by atoms with Crippen LogP contribution in [0.5, 0.6) is 5.75 Å². The average molecular weight is 329 g/mol. The highest BCUT2D eigenvalue weighted by molar-refractivity contribution is 7.98. The molecule has 1 N–H and O–H groups in total. The van der Waals surface area contributed by atoms with Crippen LogP contribution in [0.3, 0.4) is 0 Å². The number of thioether (sulfide) groups is 1. The van der Waals surface area contributed by atoms with Gasteiger partial charge in [0.15, 0.2) is 10.7 Å². The molecule has 0 amide bonds. The molecule has 0 saturated carbocycles. The molecule has 0 saturated heterocycles. The lowest BCUT2D eigenvalue weighted by Crippen LogP contribution is -1.95. The van der Waals surface area contributed by atoms with Gasteiger partial charge in [-0.3, -0.25) is 0 Å². The van der Waals surface area contributed by atoms with E-state index in [0.29, 0.717) is 22.5 Å². The maximum Gasteiger partial charge on any atom is 0.251 e. The summed E-state index contributed by atoms with van der Waals surface area (Å²) in [6.45, 7) is 5.84. The fourth-order valence-corrected chi connectivity index (χ4v) is 2.94. The van der Waals surface area contributed by atoms with Gasteiger partial charge in [-0.15, -0.1) is 0 Å². The predicted octanol–water partition coefficient (Wildman–Crippen LogP) is 4.28. The lowest BCUT2D eigenvalue weighted by molar-refractivity contribution is 0.467. The van der Waals surface area contributed by atoms with E-state index < -0.39 is 0 Å². The molecule has 0 aliphatic heterocycles. The van der Waals surface area contributed by atoms with Crippen LogP contribution in [0.2, 0.25) is 0 Å². The van der Waals surface area contributed by atoms with Crippen LogP contribution in [0.25, 0.3) is 22.7 Å². The maximum absolute atomic E-state index is 9.92. The molecule has 120 valence electrons. The van der Waals surface area contributed by atoms with Crippen molar-refractivity contribution in [1.29, 1.82) is 0 Å². The molecule has 0 bridgehead atoms. The van der Waals surface area contributed by atoms with Crippen molar-refractivity contribution in [1.82, 2.24) is 15.0 Å². The predicted molar refractivity (Wildman–Crippen MR) is 91.9 cm³/mol. The van der Waals surface area contributed by atoms with Gasteiger partial charge < -0.3 is 9.52 Å². The third-order valence-electron chi connectivity index (χ3n) is 3.72. The normalized spacial score (nSPS) is 11.3. The number of aryl methyl sites for hydroxylation is 3. The first-order valence-electron chi connectivity index (χ1n) is 7.55. The minimum absolute atomic E-state index is 0.306.